The Bertz CT molecular complexity index is 917. The van der Waals surface area contributed by atoms with Gasteiger partial charge in [0.05, 0.1) is 11.5 Å². The molecule has 0 spiro atoms. The van der Waals surface area contributed by atoms with E-state index in [4.69, 9.17) is 9.15 Å². The van der Waals surface area contributed by atoms with Crippen LogP contribution in [0.2, 0.25) is 0 Å². The first-order valence-electron chi connectivity index (χ1n) is 8.04. The molecular formula is C19H16N2O5. The van der Waals surface area contributed by atoms with Crippen molar-refractivity contribution in [3.63, 3.8) is 0 Å². The van der Waals surface area contributed by atoms with Crippen LogP contribution in [0.1, 0.15) is 12.8 Å². The Morgan fingerprint density at radius 3 is 2.42 bits per heavy atom. The molecule has 3 rings (SSSR count). The Labute approximate surface area is 149 Å². The molecule has 7 heteroatoms. The van der Waals surface area contributed by atoms with Crippen molar-refractivity contribution in [2.75, 3.05) is 6.61 Å². The molecule has 0 saturated heterocycles. The molecule has 0 aliphatic heterocycles. The number of nitro groups is 1. The lowest BCUT2D eigenvalue weighted by molar-refractivity contribution is -0.384. The van der Waals surface area contributed by atoms with Gasteiger partial charge in [-0.2, -0.15) is 0 Å². The Hall–Kier alpha value is -3.48. The number of nitrogens with zero attached hydrogens (tertiary/aromatic N) is 2. The van der Waals surface area contributed by atoms with Gasteiger partial charge in [0.15, 0.2) is 5.76 Å². The smallest absolute Gasteiger partial charge is 0.315 e. The second kappa shape index (κ2) is 7.60. The molecule has 0 radical (unpaired) electrons. The Kier molecular flexibility index (Phi) is 5.07. The highest BCUT2D eigenvalue weighted by molar-refractivity contribution is 5.78. The van der Waals surface area contributed by atoms with Crippen molar-refractivity contribution in [1.82, 2.24) is 4.98 Å². The van der Waals surface area contributed by atoms with Gasteiger partial charge in [-0.3, -0.25) is 14.9 Å². The summed E-state index contributed by atoms with van der Waals surface area (Å²) in [5, 5.41) is 10.8. The van der Waals surface area contributed by atoms with Crippen molar-refractivity contribution in [1.29, 1.82) is 0 Å². The molecule has 0 aliphatic rings. The molecule has 1 aromatic heterocycles. The summed E-state index contributed by atoms with van der Waals surface area (Å²) in [5.74, 6) is 0.304. The molecule has 0 fully saturated rings. The van der Waals surface area contributed by atoms with E-state index in [1.807, 2.05) is 30.3 Å². The summed E-state index contributed by atoms with van der Waals surface area (Å²) in [6, 6.07) is 15.4. The Morgan fingerprint density at radius 2 is 1.81 bits per heavy atom. The van der Waals surface area contributed by atoms with E-state index in [2.05, 4.69) is 4.98 Å². The van der Waals surface area contributed by atoms with Crippen LogP contribution < -0.4 is 0 Å². The fourth-order valence-electron chi connectivity index (χ4n) is 2.50. The standard InChI is InChI=1S/C19H16N2O5/c1-2-25-17(22)12-16-20-18(13-8-10-15(11-9-13)21(23)24)19(26-16)14-6-4-3-5-7-14/h3-11H,2,12H2,1H3. The topological polar surface area (TPSA) is 95.5 Å². The van der Waals surface area contributed by atoms with Gasteiger partial charge in [-0.1, -0.05) is 30.3 Å². The molecule has 0 unspecified atom stereocenters. The largest absolute Gasteiger partial charge is 0.466 e. The number of nitro benzene ring substituents is 1. The van der Waals surface area contributed by atoms with Crippen molar-refractivity contribution in [3.05, 3.63) is 70.6 Å². The predicted octanol–water partition coefficient (Wildman–Crippen LogP) is 4.02. The first-order valence-corrected chi connectivity index (χ1v) is 8.04. The van der Waals surface area contributed by atoms with Crippen molar-refractivity contribution in [3.8, 4) is 22.6 Å². The maximum absolute atomic E-state index is 11.7. The fraction of sp³-hybridized carbons (Fsp3) is 0.158. The Morgan fingerprint density at radius 1 is 1.12 bits per heavy atom. The molecule has 0 aliphatic carbocycles. The second-order valence-corrected chi connectivity index (χ2v) is 5.44. The number of aromatic nitrogens is 1. The molecule has 3 aromatic rings. The molecular weight excluding hydrogens is 336 g/mol. The normalized spacial score (nSPS) is 10.5. The molecule has 0 amide bonds. The summed E-state index contributed by atoms with van der Waals surface area (Å²) < 4.78 is 10.7. The quantitative estimate of drug-likeness (QED) is 0.378. The van der Waals surface area contributed by atoms with Gasteiger partial charge in [-0.15, -0.1) is 0 Å². The number of esters is 1. The van der Waals surface area contributed by atoms with Crippen LogP contribution in [-0.2, 0) is 16.0 Å². The summed E-state index contributed by atoms with van der Waals surface area (Å²) in [7, 11) is 0. The molecule has 0 N–H and O–H groups in total. The van der Waals surface area contributed by atoms with Gasteiger partial charge in [0.25, 0.3) is 5.69 Å². The summed E-state index contributed by atoms with van der Waals surface area (Å²) >= 11 is 0. The van der Waals surface area contributed by atoms with Crippen LogP contribution in [0.5, 0.6) is 0 Å². The van der Waals surface area contributed by atoms with Gasteiger partial charge in [-0.25, -0.2) is 4.98 Å². The average Bonchev–Trinajstić information content (AvgIpc) is 3.06. The van der Waals surface area contributed by atoms with Crippen molar-refractivity contribution in [2.24, 2.45) is 0 Å². The lowest BCUT2D eigenvalue weighted by atomic mass is 10.1. The van der Waals surface area contributed by atoms with Crippen molar-refractivity contribution in [2.45, 2.75) is 13.3 Å². The molecule has 26 heavy (non-hydrogen) atoms. The minimum atomic E-state index is -0.461. The molecule has 1 heterocycles. The summed E-state index contributed by atoms with van der Waals surface area (Å²) in [6.07, 6.45) is -0.0827. The van der Waals surface area contributed by atoms with Crippen LogP contribution >= 0.6 is 0 Å². The monoisotopic (exact) mass is 352 g/mol. The first-order chi connectivity index (χ1) is 12.6. The first kappa shape index (κ1) is 17.3. The maximum atomic E-state index is 11.7. The average molecular weight is 352 g/mol. The highest BCUT2D eigenvalue weighted by Crippen LogP contribution is 2.33. The van der Waals surface area contributed by atoms with Gasteiger partial charge < -0.3 is 9.15 Å². The van der Waals surface area contributed by atoms with Crippen LogP contribution in [0.15, 0.2) is 59.0 Å². The molecule has 0 saturated carbocycles. The van der Waals surface area contributed by atoms with Gasteiger partial charge >= 0.3 is 5.97 Å². The van der Waals surface area contributed by atoms with Gasteiger partial charge in [-0.05, 0) is 19.1 Å². The number of rotatable bonds is 6. The van der Waals surface area contributed by atoms with E-state index in [0.29, 0.717) is 17.0 Å². The molecule has 7 nitrogen and oxygen atoms in total. The van der Waals surface area contributed by atoms with Crippen LogP contribution in [0, 0.1) is 10.1 Å². The highest BCUT2D eigenvalue weighted by atomic mass is 16.6. The number of hydrogen-bond acceptors (Lipinski definition) is 6. The summed E-state index contributed by atoms with van der Waals surface area (Å²) in [5.41, 5.74) is 1.97. The second-order valence-electron chi connectivity index (χ2n) is 5.44. The molecule has 2 aromatic carbocycles. The Balaban J connectivity index is 2.02. The third kappa shape index (κ3) is 3.77. The minimum absolute atomic E-state index is 0.00902. The third-order valence-electron chi connectivity index (χ3n) is 3.66. The molecule has 132 valence electrons. The SMILES string of the molecule is CCOC(=O)Cc1nc(-c2ccc([N+](=O)[O-])cc2)c(-c2ccccc2)o1. The lowest BCUT2D eigenvalue weighted by Gasteiger charge is -2.01. The van der Waals surface area contributed by atoms with E-state index in [1.165, 1.54) is 12.1 Å². The zero-order chi connectivity index (χ0) is 18.5. The zero-order valence-electron chi connectivity index (χ0n) is 14.0. The van der Waals surface area contributed by atoms with Crippen LogP contribution in [0.3, 0.4) is 0 Å². The van der Waals surface area contributed by atoms with Gasteiger partial charge in [0, 0.05) is 23.3 Å². The number of benzene rings is 2. The number of non-ortho nitro benzene ring substituents is 1. The zero-order valence-corrected chi connectivity index (χ0v) is 14.0. The van der Waals surface area contributed by atoms with E-state index in [1.54, 1.807) is 19.1 Å². The maximum Gasteiger partial charge on any atom is 0.315 e. The van der Waals surface area contributed by atoms with E-state index in [-0.39, 0.29) is 24.6 Å². The van der Waals surface area contributed by atoms with Gasteiger partial charge in [0.1, 0.15) is 12.1 Å². The predicted molar refractivity (Wildman–Crippen MR) is 94.4 cm³/mol. The van der Waals surface area contributed by atoms with Crippen molar-refractivity contribution >= 4 is 11.7 Å². The van der Waals surface area contributed by atoms with Crippen LogP contribution in [-0.4, -0.2) is 22.5 Å². The number of hydrogen-bond donors (Lipinski definition) is 0. The van der Waals surface area contributed by atoms with Crippen LogP contribution in [0.4, 0.5) is 5.69 Å². The third-order valence-corrected chi connectivity index (χ3v) is 3.66. The minimum Gasteiger partial charge on any atom is -0.466 e. The van der Waals surface area contributed by atoms with E-state index >= 15 is 0 Å². The molecule has 0 atom stereocenters. The number of carbonyl (C=O) groups excluding carboxylic acids is 1. The summed E-state index contributed by atoms with van der Waals surface area (Å²) in [4.78, 5) is 26.5. The number of ether oxygens (including phenoxy) is 1. The van der Waals surface area contributed by atoms with E-state index in [0.717, 1.165) is 5.56 Å². The number of carbonyl (C=O) groups is 1. The number of oxazole rings is 1. The summed E-state index contributed by atoms with van der Waals surface area (Å²) in [6.45, 7) is 2.01. The molecule has 0 bridgehead atoms. The van der Waals surface area contributed by atoms with E-state index < -0.39 is 10.9 Å². The van der Waals surface area contributed by atoms with E-state index in [9.17, 15) is 14.9 Å². The fourth-order valence-corrected chi connectivity index (χ4v) is 2.50. The lowest BCUT2D eigenvalue weighted by Crippen LogP contribution is -2.07. The van der Waals surface area contributed by atoms with Crippen molar-refractivity contribution < 1.29 is 18.9 Å². The highest BCUT2D eigenvalue weighted by Gasteiger charge is 2.19. The van der Waals surface area contributed by atoms with Gasteiger partial charge in [0.2, 0.25) is 5.89 Å². The van der Waals surface area contributed by atoms with Crippen LogP contribution in [0.25, 0.3) is 22.6 Å².